The summed E-state index contributed by atoms with van der Waals surface area (Å²) in [6.45, 7) is 3.58. The number of piperidine rings is 1. The highest BCUT2D eigenvalue weighted by atomic mass is 16.5. The first-order valence-electron chi connectivity index (χ1n) is 6.32. The van der Waals surface area contributed by atoms with Crippen molar-refractivity contribution in [1.82, 2.24) is 10.2 Å². The predicted molar refractivity (Wildman–Crippen MR) is 62.2 cm³/mol. The fourth-order valence-corrected chi connectivity index (χ4v) is 2.75. The van der Waals surface area contributed by atoms with Gasteiger partial charge < -0.3 is 15.0 Å². The summed E-state index contributed by atoms with van der Waals surface area (Å²) >= 11 is 0. The van der Waals surface area contributed by atoms with E-state index in [0.717, 1.165) is 45.5 Å². The van der Waals surface area contributed by atoms with Crippen LogP contribution in [0.3, 0.4) is 0 Å². The topological polar surface area (TPSA) is 41.6 Å². The van der Waals surface area contributed by atoms with E-state index in [0.29, 0.717) is 11.8 Å². The molecule has 0 aliphatic carbocycles. The minimum Gasteiger partial charge on any atom is -0.384 e. The first-order valence-corrected chi connectivity index (χ1v) is 6.32. The van der Waals surface area contributed by atoms with Crippen molar-refractivity contribution in [3.8, 4) is 0 Å². The molecule has 0 aromatic heterocycles. The van der Waals surface area contributed by atoms with Gasteiger partial charge >= 0.3 is 0 Å². The summed E-state index contributed by atoms with van der Waals surface area (Å²) < 4.78 is 5.18. The van der Waals surface area contributed by atoms with E-state index < -0.39 is 0 Å². The maximum Gasteiger partial charge on any atom is 0.239 e. The summed E-state index contributed by atoms with van der Waals surface area (Å²) in [7, 11) is 1.74. The minimum absolute atomic E-state index is 0.0845. The lowest BCUT2D eigenvalue weighted by molar-refractivity contribution is -0.135. The molecule has 1 amide bonds. The van der Waals surface area contributed by atoms with Gasteiger partial charge in [0.2, 0.25) is 5.91 Å². The maximum absolute atomic E-state index is 12.2. The van der Waals surface area contributed by atoms with Crippen LogP contribution in [0.15, 0.2) is 0 Å². The zero-order valence-electron chi connectivity index (χ0n) is 10.1. The van der Waals surface area contributed by atoms with Gasteiger partial charge in [0.1, 0.15) is 0 Å². The lowest BCUT2D eigenvalue weighted by atomic mass is 9.98. The van der Waals surface area contributed by atoms with Gasteiger partial charge in [0.05, 0.1) is 12.6 Å². The van der Waals surface area contributed by atoms with Gasteiger partial charge in [-0.2, -0.15) is 0 Å². The van der Waals surface area contributed by atoms with E-state index in [9.17, 15) is 4.79 Å². The largest absolute Gasteiger partial charge is 0.384 e. The van der Waals surface area contributed by atoms with E-state index in [4.69, 9.17) is 4.74 Å². The summed E-state index contributed by atoms with van der Waals surface area (Å²) in [5.74, 6) is 0.836. The molecule has 2 heterocycles. The summed E-state index contributed by atoms with van der Waals surface area (Å²) in [5.41, 5.74) is 0. The van der Waals surface area contributed by atoms with Crippen molar-refractivity contribution in [2.45, 2.75) is 31.7 Å². The van der Waals surface area contributed by atoms with E-state index in [1.807, 2.05) is 4.90 Å². The fraction of sp³-hybridized carbons (Fsp3) is 0.917. The zero-order valence-corrected chi connectivity index (χ0v) is 10.1. The van der Waals surface area contributed by atoms with Crippen LogP contribution in [-0.4, -0.2) is 50.2 Å². The van der Waals surface area contributed by atoms with Crippen molar-refractivity contribution in [1.29, 1.82) is 0 Å². The number of ether oxygens (including phenoxy) is 1. The average Bonchev–Trinajstić information content (AvgIpc) is 2.82. The number of likely N-dealkylation sites (tertiary alicyclic amines) is 1. The minimum atomic E-state index is 0.0845. The van der Waals surface area contributed by atoms with Crippen LogP contribution >= 0.6 is 0 Å². The first-order chi connectivity index (χ1) is 7.81. The number of hydrogen-bond acceptors (Lipinski definition) is 3. The van der Waals surface area contributed by atoms with Crippen LogP contribution < -0.4 is 5.32 Å². The van der Waals surface area contributed by atoms with Crippen LogP contribution in [-0.2, 0) is 9.53 Å². The molecule has 2 atom stereocenters. The molecule has 92 valence electrons. The van der Waals surface area contributed by atoms with Gasteiger partial charge in [-0.15, -0.1) is 0 Å². The Morgan fingerprint density at radius 3 is 3.00 bits per heavy atom. The Morgan fingerprint density at radius 2 is 2.31 bits per heavy atom. The SMILES string of the molecule is COCC1CCCN(C(=O)C2CCCN2)C1. The molecule has 0 saturated carbocycles. The molecule has 0 aromatic carbocycles. The Kier molecular flexibility index (Phi) is 4.18. The van der Waals surface area contributed by atoms with Crippen LogP contribution in [0.5, 0.6) is 0 Å². The molecule has 4 heteroatoms. The lowest BCUT2D eigenvalue weighted by Gasteiger charge is -2.34. The number of amides is 1. The second-order valence-corrected chi connectivity index (χ2v) is 4.90. The summed E-state index contributed by atoms with van der Waals surface area (Å²) in [6, 6.07) is 0.0845. The monoisotopic (exact) mass is 226 g/mol. The van der Waals surface area contributed by atoms with Crippen LogP contribution in [0.4, 0.5) is 0 Å². The molecule has 2 saturated heterocycles. The van der Waals surface area contributed by atoms with E-state index in [2.05, 4.69) is 5.32 Å². The highest BCUT2D eigenvalue weighted by Gasteiger charge is 2.30. The number of carbonyl (C=O) groups is 1. The number of methoxy groups -OCH3 is 1. The fourth-order valence-electron chi connectivity index (χ4n) is 2.75. The summed E-state index contributed by atoms with van der Waals surface area (Å²) in [4.78, 5) is 14.2. The Bertz CT molecular complexity index is 237. The molecule has 0 aromatic rings. The molecule has 0 spiro atoms. The molecule has 2 rings (SSSR count). The predicted octanol–water partition coefficient (Wildman–Crippen LogP) is 0.623. The molecule has 2 fully saturated rings. The Balaban J connectivity index is 1.85. The van der Waals surface area contributed by atoms with Crippen molar-refractivity contribution >= 4 is 5.91 Å². The molecule has 2 aliphatic heterocycles. The Morgan fingerprint density at radius 1 is 1.44 bits per heavy atom. The molecule has 2 unspecified atom stereocenters. The third kappa shape index (κ3) is 2.74. The molecule has 16 heavy (non-hydrogen) atoms. The van der Waals surface area contributed by atoms with Crippen molar-refractivity contribution < 1.29 is 9.53 Å². The highest BCUT2D eigenvalue weighted by Crippen LogP contribution is 2.19. The second kappa shape index (κ2) is 5.64. The third-order valence-electron chi connectivity index (χ3n) is 3.59. The smallest absolute Gasteiger partial charge is 0.239 e. The van der Waals surface area contributed by atoms with E-state index in [1.165, 1.54) is 6.42 Å². The number of carbonyl (C=O) groups excluding carboxylic acids is 1. The van der Waals surface area contributed by atoms with Crippen molar-refractivity contribution in [3.63, 3.8) is 0 Å². The molecular formula is C12H22N2O2. The zero-order chi connectivity index (χ0) is 11.4. The molecule has 4 nitrogen and oxygen atoms in total. The standard InChI is InChI=1S/C12H22N2O2/c1-16-9-10-4-3-7-14(8-10)12(15)11-5-2-6-13-11/h10-11,13H,2-9H2,1H3. The number of nitrogens with one attached hydrogen (secondary N) is 1. The first kappa shape index (κ1) is 11.9. The summed E-state index contributed by atoms with van der Waals surface area (Å²) in [6.07, 6.45) is 4.44. The average molecular weight is 226 g/mol. The van der Waals surface area contributed by atoms with Crippen molar-refractivity contribution in [2.75, 3.05) is 33.4 Å². The van der Waals surface area contributed by atoms with Gasteiger partial charge in [-0.3, -0.25) is 4.79 Å². The van der Waals surface area contributed by atoms with E-state index in [1.54, 1.807) is 7.11 Å². The molecule has 0 bridgehead atoms. The quantitative estimate of drug-likeness (QED) is 0.767. The molecule has 1 N–H and O–H groups in total. The molecule has 2 aliphatic rings. The van der Waals surface area contributed by atoms with Gasteiger partial charge in [0.15, 0.2) is 0 Å². The second-order valence-electron chi connectivity index (χ2n) is 4.90. The van der Waals surface area contributed by atoms with Crippen molar-refractivity contribution in [3.05, 3.63) is 0 Å². The Labute approximate surface area is 97.3 Å². The van der Waals surface area contributed by atoms with Crippen LogP contribution in [0.1, 0.15) is 25.7 Å². The van der Waals surface area contributed by atoms with Gasteiger partial charge in [0.25, 0.3) is 0 Å². The van der Waals surface area contributed by atoms with Crippen LogP contribution in [0, 0.1) is 5.92 Å². The van der Waals surface area contributed by atoms with Crippen LogP contribution in [0.25, 0.3) is 0 Å². The van der Waals surface area contributed by atoms with E-state index in [-0.39, 0.29) is 6.04 Å². The lowest BCUT2D eigenvalue weighted by Crippen LogP contribution is -2.48. The third-order valence-corrected chi connectivity index (χ3v) is 3.59. The molecular weight excluding hydrogens is 204 g/mol. The van der Waals surface area contributed by atoms with Gasteiger partial charge in [-0.1, -0.05) is 0 Å². The summed E-state index contributed by atoms with van der Waals surface area (Å²) in [5, 5.41) is 3.28. The normalized spacial score (nSPS) is 30.7. The molecule has 0 radical (unpaired) electrons. The van der Waals surface area contributed by atoms with Gasteiger partial charge in [0, 0.05) is 20.2 Å². The van der Waals surface area contributed by atoms with Gasteiger partial charge in [-0.05, 0) is 38.1 Å². The number of hydrogen-bond donors (Lipinski definition) is 1. The Hall–Kier alpha value is -0.610. The van der Waals surface area contributed by atoms with Crippen LogP contribution in [0.2, 0.25) is 0 Å². The van der Waals surface area contributed by atoms with Crippen molar-refractivity contribution in [2.24, 2.45) is 5.92 Å². The van der Waals surface area contributed by atoms with Gasteiger partial charge in [-0.25, -0.2) is 0 Å². The number of nitrogens with zero attached hydrogens (tertiary/aromatic N) is 1. The number of rotatable bonds is 3. The van der Waals surface area contributed by atoms with E-state index >= 15 is 0 Å². The highest BCUT2D eigenvalue weighted by molar-refractivity contribution is 5.82. The maximum atomic E-state index is 12.2.